The molecule has 0 aliphatic rings. The van der Waals surface area contributed by atoms with Gasteiger partial charge in [-0.2, -0.15) is 0 Å². The van der Waals surface area contributed by atoms with Gasteiger partial charge in [0, 0.05) is 0 Å². The first kappa shape index (κ1) is 8.74. The monoisotopic (exact) mass is 146 g/mol. The molecule has 0 saturated carbocycles. The van der Waals surface area contributed by atoms with Crippen LogP contribution in [0.3, 0.4) is 0 Å². The van der Waals surface area contributed by atoms with Crippen LogP contribution in [0.15, 0.2) is 0 Å². The molecule has 0 rings (SSSR count). The highest BCUT2D eigenvalue weighted by Gasteiger charge is 2.14. The van der Waals surface area contributed by atoms with Crippen molar-refractivity contribution in [3.05, 3.63) is 0 Å². The summed E-state index contributed by atoms with van der Waals surface area (Å²) in [7, 11) is 0. The Morgan fingerprint density at radius 1 is 1.70 bits per heavy atom. The number of aliphatic carboxylic acids is 1. The predicted octanol–water partition coefficient (Wildman–Crippen LogP) is -0.482. The molecule has 0 radical (unpaired) electrons. The molecule has 0 aliphatic carbocycles. The Balaban J connectivity index is 3.83. The topological polar surface area (TPSA) is 92.4 Å². The van der Waals surface area contributed by atoms with E-state index in [4.69, 9.17) is 10.8 Å². The molecule has 0 fully saturated rings. The smallest absolute Gasteiger partial charge is 0.326 e. The maximum absolute atomic E-state index is 10.2. The number of primary amides is 1. The van der Waals surface area contributed by atoms with Crippen LogP contribution in [0.1, 0.15) is 13.3 Å². The largest absolute Gasteiger partial charge is 0.480 e. The van der Waals surface area contributed by atoms with Gasteiger partial charge in [-0.15, -0.1) is 0 Å². The van der Waals surface area contributed by atoms with E-state index in [2.05, 4.69) is 5.32 Å². The van der Waals surface area contributed by atoms with Crippen LogP contribution in [0.4, 0.5) is 4.79 Å². The first-order chi connectivity index (χ1) is 4.57. The van der Waals surface area contributed by atoms with E-state index in [1.165, 1.54) is 0 Å². The quantitative estimate of drug-likeness (QED) is 0.502. The summed E-state index contributed by atoms with van der Waals surface area (Å²) >= 11 is 0. The van der Waals surface area contributed by atoms with Crippen LogP contribution >= 0.6 is 0 Å². The van der Waals surface area contributed by atoms with Crippen molar-refractivity contribution in [1.29, 1.82) is 0 Å². The molecule has 0 aliphatic heterocycles. The maximum atomic E-state index is 10.2. The second-order valence-corrected chi connectivity index (χ2v) is 1.81. The van der Waals surface area contributed by atoms with Crippen LogP contribution < -0.4 is 11.1 Å². The van der Waals surface area contributed by atoms with Gasteiger partial charge in [-0.3, -0.25) is 0 Å². The van der Waals surface area contributed by atoms with Crippen molar-refractivity contribution in [2.24, 2.45) is 5.73 Å². The molecule has 0 bridgehead atoms. The van der Waals surface area contributed by atoms with Gasteiger partial charge in [0.05, 0.1) is 0 Å². The third-order valence-electron chi connectivity index (χ3n) is 1.02. The molecule has 1 atom stereocenters. The van der Waals surface area contributed by atoms with E-state index in [1.807, 2.05) is 0 Å². The van der Waals surface area contributed by atoms with Gasteiger partial charge in [0.25, 0.3) is 0 Å². The normalized spacial score (nSPS) is 12.1. The summed E-state index contributed by atoms with van der Waals surface area (Å²) in [5, 5.41) is 10.4. The number of hydrogen-bond acceptors (Lipinski definition) is 2. The molecule has 0 heterocycles. The van der Waals surface area contributed by atoms with Crippen LogP contribution in [0.5, 0.6) is 0 Å². The number of carboxylic acids is 1. The second kappa shape index (κ2) is 3.71. The van der Waals surface area contributed by atoms with Crippen LogP contribution in [-0.2, 0) is 4.79 Å². The highest BCUT2D eigenvalue weighted by molar-refractivity contribution is 5.81. The second-order valence-electron chi connectivity index (χ2n) is 1.81. The zero-order chi connectivity index (χ0) is 8.15. The lowest BCUT2D eigenvalue weighted by atomic mass is 10.2. The van der Waals surface area contributed by atoms with Crippen molar-refractivity contribution in [1.82, 2.24) is 5.32 Å². The summed E-state index contributed by atoms with van der Waals surface area (Å²) in [4.78, 5) is 20.3. The maximum Gasteiger partial charge on any atom is 0.326 e. The molecule has 0 unspecified atom stereocenters. The molecule has 2 amide bonds. The van der Waals surface area contributed by atoms with E-state index in [1.54, 1.807) is 6.92 Å². The number of carbonyl (C=O) groups is 2. The lowest BCUT2D eigenvalue weighted by Crippen LogP contribution is -2.43. The van der Waals surface area contributed by atoms with Gasteiger partial charge >= 0.3 is 12.0 Å². The van der Waals surface area contributed by atoms with Gasteiger partial charge in [-0.05, 0) is 6.42 Å². The van der Waals surface area contributed by atoms with Crippen LogP contribution in [0.2, 0.25) is 0 Å². The molecule has 0 aromatic rings. The number of nitrogens with two attached hydrogens (primary N) is 1. The van der Waals surface area contributed by atoms with Gasteiger partial charge in [0.2, 0.25) is 0 Å². The Labute approximate surface area is 58.2 Å². The predicted molar refractivity (Wildman–Crippen MR) is 34.4 cm³/mol. The van der Waals surface area contributed by atoms with Crippen molar-refractivity contribution in [3.63, 3.8) is 0 Å². The molecular weight excluding hydrogens is 136 g/mol. The van der Waals surface area contributed by atoms with E-state index in [0.717, 1.165) is 0 Å². The Kier molecular flexibility index (Phi) is 3.24. The van der Waals surface area contributed by atoms with Crippen LogP contribution in [0.25, 0.3) is 0 Å². The minimum absolute atomic E-state index is 0.332. The molecule has 58 valence electrons. The molecule has 0 aromatic carbocycles. The highest BCUT2D eigenvalue weighted by Crippen LogP contribution is 1.88. The number of amides is 2. The SMILES string of the molecule is CC[C@H](NC(N)=O)C(=O)O. The van der Waals surface area contributed by atoms with E-state index < -0.39 is 18.0 Å². The van der Waals surface area contributed by atoms with E-state index in [-0.39, 0.29) is 0 Å². The molecule has 0 saturated heterocycles. The summed E-state index contributed by atoms with van der Waals surface area (Å²) < 4.78 is 0. The molecule has 0 spiro atoms. The lowest BCUT2D eigenvalue weighted by Gasteiger charge is -2.08. The van der Waals surface area contributed by atoms with Gasteiger partial charge < -0.3 is 16.2 Å². The number of carbonyl (C=O) groups excluding carboxylic acids is 1. The van der Waals surface area contributed by atoms with E-state index in [9.17, 15) is 9.59 Å². The Morgan fingerprint density at radius 3 is 2.30 bits per heavy atom. The average Bonchev–Trinajstić information content (AvgIpc) is 1.81. The zero-order valence-electron chi connectivity index (χ0n) is 5.63. The van der Waals surface area contributed by atoms with Gasteiger partial charge in [-0.1, -0.05) is 6.92 Å². The average molecular weight is 146 g/mol. The Morgan fingerprint density at radius 2 is 2.20 bits per heavy atom. The Hall–Kier alpha value is -1.26. The molecule has 5 heteroatoms. The first-order valence-corrected chi connectivity index (χ1v) is 2.86. The summed E-state index contributed by atoms with van der Waals surface area (Å²) in [6.45, 7) is 1.65. The minimum Gasteiger partial charge on any atom is -0.480 e. The fourth-order valence-electron chi connectivity index (χ4n) is 0.510. The number of nitrogens with one attached hydrogen (secondary N) is 1. The van der Waals surface area contributed by atoms with E-state index in [0.29, 0.717) is 6.42 Å². The summed E-state index contributed by atoms with van der Waals surface area (Å²) in [5.41, 5.74) is 4.69. The fourth-order valence-corrected chi connectivity index (χ4v) is 0.510. The van der Waals surface area contributed by atoms with Crippen molar-refractivity contribution in [3.8, 4) is 0 Å². The summed E-state index contributed by atoms with van der Waals surface area (Å²) in [6.07, 6.45) is 0.332. The zero-order valence-corrected chi connectivity index (χ0v) is 5.63. The van der Waals surface area contributed by atoms with Crippen LogP contribution in [-0.4, -0.2) is 23.1 Å². The van der Waals surface area contributed by atoms with Crippen molar-refractivity contribution >= 4 is 12.0 Å². The lowest BCUT2D eigenvalue weighted by molar-refractivity contribution is -0.139. The minimum atomic E-state index is -1.07. The Bertz CT molecular complexity index is 146. The molecule has 0 aromatic heterocycles. The van der Waals surface area contributed by atoms with Crippen molar-refractivity contribution in [2.45, 2.75) is 19.4 Å². The molecule has 5 nitrogen and oxygen atoms in total. The van der Waals surface area contributed by atoms with Crippen LogP contribution in [0, 0.1) is 0 Å². The van der Waals surface area contributed by atoms with Crippen molar-refractivity contribution in [2.75, 3.05) is 0 Å². The molecule has 4 N–H and O–H groups in total. The highest BCUT2D eigenvalue weighted by atomic mass is 16.4. The molecule has 10 heavy (non-hydrogen) atoms. The summed E-state index contributed by atoms with van der Waals surface area (Å²) in [6, 6.07) is -1.67. The van der Waals surface area contributed by atoms with Gasteiger partial charge in [0.15, 0.2) is 0 Å². The third kappa shape index (κ3) is 2.91. The third-order valence-corrected chi connectivity index (χ3v) is 1.02. The number of rotatable bonds is 3. The summed E-state index contributed by atoms with van der Waals surface area (Å²) in [5.74, 6) is -1.07. The van der Waals surface area contributed by atoms with Gasteiger partial charge in [-0.25, -0.2) is 9.59 Å². The number of hydrogen-bond donors (Lipinski definition) is 3. The first-order valence-electron chi connectivity index (χ1n) is 2.86. The number of carboxylic acid groups (broad SMARTS) is 1. The molecular formula is C5H10N2O3. The fraction of sp³-hybridized carbons (Fsp3) is 0.600. The standard InChI is InChI=1S/C5H10N2O3/c1-2-3(4(8)9)7-5(6)10/h3H,2H2,1H3,(H,8,9)(H3,6,7,10)/t3-/m0/s1. The van der Waals surface area contributed by atoms with Crippen molar-refractivity contribution < 1.29 is 14.7 Å². The van der Waals surface area contributed by atoms with E-state index >= 15 is 0 Å². The number of urea groups is 1. The van der Waals surface area contributed by atoms with Gasteiger partial charge in [0.1, 0.15) is 6.04 Å².